The minimum Gasteiger partial charge on any atom is -0.396 e. The van der Waals surface area contributed by atoms with E-state index in [2.05, 4.69) is 33.9 Å². The molecule has 0 aliphatic carbocycles. The van der Waals surface area contributed by atoms with Crippen LogP contribution in [0.4, 0.5) is 11.6 Å². The zero-order valence-corrected chi connectivity index (χ0v) is 10.6. The van der Waals surface area contributed by atoms with Gasteiger partial charge < -0.3 is 10.6 Å². The average molecular weight is 242 g/mol. The Bertz CT molecular complexity index is 467. The third-order valence-corrected chi connectivity index (χ3v) is 2.65. The summed E-state index contributed by atoms with van der Waals surface area (Å²) in [7, 11) is 0. The number of anilines is 2. The van der Waals surface area contributed by atoms with Crippen molar-refractivity contribution in [2.75, 3.05) is 17.2 Å². The van der Waals surface area contributed by atoms with E-state index in [1.54, 1.807) is 12.4 Å². The van der Waals surface area contributed by atoms with E-state index in [9.17, 15) is 0 Å². The summed E-state index contributed by atoms with van der Waals surface area (Å²) < 4.78 is 0. The third kappa shape index (κ3) is 3.20. The molecule has 4 heteroatoms. The SMILES string of the molecule is CCCN(Cc1ccccc1)c1ncc(N)cn1. The first-order valence-electron chi connectivity index (χ1n) is 6.16. The molecule has 0 radical (unpaired) electrons. The van der Waals surface area contributed by atoms with Crippen LogP contribution in [0.2, 0.25) is 0 Å². The van der Waals surface area contributed by atoms with Crippen LogP contribution in [-0.2, 0) is 6.54 Å². The van der Waals surface area contributed by atoms with Crippen molar-refractivity contribution in [1.29, 1.82) is 0 Å². The number of nitrogens with zero attached hydrogens (tertiary/aromatic N) is 3. The Kier molecular flexibility index (Phi) is 4.12. The minimum absolute atomic E-state index is 0.593. The maximum atomic E-state index is 5.61. The Morgan fingerprint density at radius 1 is 1.11 bits per heavy atom. The van der Waals surface area contributed by atoms with Crippen LogP contribution >= 0.6 is 0 Å². The fraction of sp³-hybridized carbons (Fsp3) is 0.286. The third-order valence-electron chi connectivity index (χ3n) is 2.65. The molecule has 0 saturated carbocycles. The fourth-order valence-corrected chi connectivity index (χ4v) is 1.82. The molecule has 4 nitrogen and oxygen atoms in total. The van der Waals surface area contributed by atoms with Crippen molar-refractivity contribution in [1.82, 2.24) is 9.97 Å². The topological polar surface area (TPSA) is 55.0 Å². The molecule has 1 aromatic carbocycles. The van der Waals surface area contributed by atoms with E-state index < -0.39 is 0 Å². The van der Waals surface area contributed by atoms with Gasteiger partial charge in [0.25, 0.3) is 0 Å². The molecule has 0 saturated heterocycles. The van der Waals surface area contributed by atoms with E-state index in [4.69, 9.17) is 5.73 Å². The van der Waals surface area contributed by atoms with Crippen molar-refractivity contribution in [3.63, 3.8) is 0 Å². The van der Waals surface area contributed by atoms with Gasteiger partial charge in [-0.25, -0.2) is 9.97 Å². The summed E-state index contributed by atoms with van der Waals surface area (Å²) in [6.45, 7) is 3.90. The lowest BCUT2D eigenvalue weighted by atomic mass is 10.2. The highest BCUT2D eigenvalue weighted by molar-refractivity contribution is 5.38. The molecular formula is C14H18N4. The Labute approximate surface area is 107 Å². The quantitative estimate of drug-likeness (QED) is 0.875. The van der Waals surface area contributed by atoms with Gasteiger partial charge in [-0.2, -0.15) is 0 Å². The molecule has 0 fully saturated rings. The second kappa shape index (κ2) is 6.00. The van der Waals surface area contributed by atoms with Gasteiger partial charge in [0.15, 0.2) is 0 Å². The summed E-state index contributed by atoms with van der Waals surface area (Å²) in [6, 6.07) is 10.3. The van der Waals surface area contributed by atoms with Gasteiger partial charge in [0.2, 0.25) is 5.95 Å². The van der Waals surface area contributed by atoms with Crippen molar-refractivity contribution in [3.8, 4) is 0 Å². The van der Waals surface area contributed by atoms with E-state index in [1.165, 1.54) is 5.56 Å². The van der Waals surface area contributed by atoms with Gasteiger partial charge in [-0.05, 0) is 12.0 Å². The molecule has 1 aromatic heterocycles. The molecule has 0 bridgehead atoms. The maximum absolute atomic E-state index is 5.61. The summed E-state index contributed by atoms with van der Waals surface area (Å²) in [5, 5.41) is 0. The Morgan fingerprint density at radius 2 is 1.78 bits per heavy atom. The Morgan fingerprint density at radius 3 is 2.39 bits per heavy atom. The molecule has 2 rings (SSSR count). The van der Waals surface area contributed by atoms with Crippen LogP contribution in [0.3, 0.4) is 0 Å². The second-order valence-electron chi connectivity index (χ2n) is 4.22. The van der Waals surface area contributed by atoms with Crippen molar-refractivity contribution < 1.29 is 0 Å². The molecule has 0 atom stereocenters. The lowest BCUT2D eigenvalue weighted by Gasteiger charge is -2.21. The molecule has 0 unspecified atom stereocenters. The van der Waals surface area contributed by atoms with Crippen LogP contribution in [0, 0.1) is 0 Å². The first-order valence-corrected chi connectivity index (χ1v) is 6.16. The summed E-state index contributed by atoms with van der Waals surface area (Å²) >= 11 is 0. The molecule has 2 N–H and O–H groups in total. The van der Waals surface area contributed by atoms with Crippen molar-refractivity contribution in [2.45, 2.75) is 19.9 Å². The lowest BCUT2D eigenvalue weighted by molar-refractivity contribution is 0.739. The van der Waals surface area contributed by atoms with Gasteiger partial charge in [-0.15, -0.1) is 0 Å². The molecular weight excluding hydrogens is 224 g/mol. The molecule has 1 heterocycles. The van der Waals surface area contributed by atoms with E-state index in [0.717, 1.165) is 25.5 Å². The molecule has 0 spiro atoms. The summed E-state index contributed by atoms with van der Waals surface area (Å²) in [5.41, 5.74) is 7.46. The highest BCUT2D eigenvalue weighted by Gasteiger charge is 2.08. The fourth-order valence-electron chi connectivity index (χ4n) is 1.82. The first kappa shape index (κ1) is 12.4. The van der Waals surface area contributed by atoms with Crippen molar-refractivity contribution in [3.05, 3.63) is 48.3 Å². The summed E-state index contributed by atoms with van der Waals surface area (Å²) in [6.07, 6.45) is 4.35. The van der Waals surface area contributed by atoms with Crippen LogP contribution in [0.1, 0.15) is 18.9 Å². The number of rotatable bonds is 5. The van der Waals surface area contributed by atoms with Crippen LogP contribution in [0.5, 0.6) is 0 Å². The lowest BCUT2D eigenvalue weighted by Crippen LogP contribution is -2.25. The molecule has 0 aliphatic heterocycles. The average Bonchev–Trinajstić information content (AvgIpc) is 2.40. The second-order valence-corrected chi connectivity index (χ2v) is 4.22. The highest BCUT2D eigenvalue weighted by Crippen LogP contribution is 2.13. The number of aromatic nitrogens is 2. The van der Waals surface area contributed by atoms with Crippen LogP contribution in [0.15, 0.2) is 42.7 Å². The monoisotopic (exact) mass is 242 g/mol. The van der Waals surface area contributed by atoms with Gasteiger partial charge in [0.1, 0.15) is 0 Å². The van der Waals surface area contributed by atoms with Gasteiger partial charge >= 0.3 is 0 Å². The van der Waals surface area contributed by atoms with Crippen LogP contribution in [-0.4, -0.2) is 16.5 Å². The number of hydrogen-bond donors (Lipinski definition) is 1. The highest BCUT2D eigenvalue weighted by atomic mass is 15.2. The van der Waals surface area contributed by atoms with E-state index in [-0.39, 0.29) is 0 Å². The normalized spacial score (nSPS) is 10.3. The largest absolute Gasteiger partial charge is 0.396 e. The number of benzene rings is 1. The van der Waals surface area contributed by atoms with Crippen LogP contribution < -0.4 is 10.6 Å². The Balaban J connectivity index is 2.15. The minimum atomic E-state index is 0.593. The predicted octanol–water partition coefficient (Wildman–Crippen LogP) is 2.48. The first-order chi connectivity index (χ1) is 8.79. The molecule has 2 aromatic rings. The standard InChI is InChI=1S/C14H18N4/c1-2-8-18(11-12-6-4-3-5-7-12)14-16-9-13(15)10-17-14/h3-7,9-10H,2,8,11,15H2,1H3. The maximum Gasteiger partial charge on any atom is 0.225 e. The predicted molar refractivity (Wildman–Crippen MR) is 74.2 cm³/mol. The number of hydrogen-bond acceptors (Lipinski definition) is 4. The van der Waals surface area contributed by atoms with E-state index in [0.29, 0.717) is 5.69 Å². The summed E-state index contributed by atoms with van der Waals surface area (Å²) in [4.78, 5) is 10.7. The zero-order valence-electron chi connectivity index (χ0n) is 10.6. The molecule has 94 valence electrons. The zero-order chi connectivity index (χ0) is 12.8. The Hall–Kier alpha value is -2.10. The number of nitrogens with two attached hydrogens (primary N) is 1. The van der Waals surface area contributed by atoms with Gasteiger partial charge in [0, 0.05) is 13.1 Å². The molecule has 18 heavy (non-hydrogen) atoms. The summed E-state index contributed by atoms with van der Waals surface area (Å²) in [5.74, 6) is 0.731. The number of nitrogen functional groups attached to an aromatic ring is 1. The van der Waals surface area contributed by atoms with E-state index >= 15 is 0 Å². The molecule has 0 aliphatic rings. The van der Waals surface area contributed by atoms with Gasteiger partial charge in [-0.1, -0.05) is 37.3 Å². The van der Waals surface area contributed by atoms with Gasteiger partial charge in [-0.3, -0.25) is 0 Å². The van der Waals surface area contributed by atoms with E-state index in [1.807, 2.05) is 18.2 Å². The van der Waals surface area contributed by atoms with Gasteiger partial charge in [0.05, 0.1) is 18.1 Å². The van der Waals surface area contributed by atoms with Crippen molar-refractivity contribution in [2.24, 2.45) is 0 Å². The van der Waals surface area contributed by atoms with Crippen molar-refractivity contribution >= 4 is 11.6 Å². The molecule has 0 amide bonds. The smallest absolute Gasteiger partial charge is 0.225 e. The van der Waals surface area contributed by atoms with Crippen LogP contribution in [0.25, 0.3) is 0 Å².